The van der Waals surface area contributed by atoms with Crippen LogP contribution < -0.4 is 10.1 Å². The molecule has 5 nitrogen and oxygen atoms in total. The number of hydrogen-bond donors (Lipinski definition) is 1. The van der Waals surface area contributed by atoms with E-state index in [-0.39, 0.29) is 21.9 Å². The van der Waals surface area contributed by atoms with Crippen LogP contribution in [-0.4, -0.2) is 29.1 Å². The number of nitro benzene ring substituents is 1. The van der Waals surface area contributed by atoms with Crippen LogP contribution in [0.4, 0.5) is 15.8 Å². The van der Waals surface area contributed by atoms with Gasteiger partial charge in [-0.1, -0.05) is 0 Å². The summed E-state index contributed by atoms with van der Waals surface area (Å²) in [4.78, 5) is 10.1. The second kappa shape index (κ2) is 5.87. The van der Waals surface area contributed by atoms with Crippen LogP contribution in [0.15, 0.2) is 12.1 Å². The van der Waals surface area contributed by atoms with E-state index < -0.39 is 10.7 Å². The monoisotopic (exact) mass is 300 g/mol. The third-order valence-electron chi connectivity index (χ3n) is 3.42. The van der Waals surface area contributed by atoms with Crippen LogP contribution in [0, 0.1) is 15.9 Å². The maximum atomic E-state index is 13.9. The minimum absolute atomic E-state index is 0.0585. The molecule has 1 unspecified atom stereocenters. The van der Waals surface area contributed by atoms with Crippen molar-refractivity contribution in [1.82, 2.24) is 0 Å². The molecule has 0 aliphatic carbocycles. The first-order chi connectivity index (χ1) is 9.45. The van der Waals surface area contributed by atoms with Gasteiger partial charge in [-0.3, -0.25) is 10.1 Å². The normalized spacial score (nSPS) is 21.8. The lowest BCUT2D eigenvalue weighted by atomic mass is 10.1. The van der Waals surface area contributed by atoms with E-state index in [1.165, 1.54) is 13.2 Å². The zero-order valence-electron chi connectivity index (χ0n) is 11.4. The lowest BCUT2D eigenvalue weighted by Crippen LogP contribution is -2.27. The molecule has 1 N–H and O–H groups in total. The van der Waals surface area contributed by atoms with Crippen molar-refractivity contribution in [2.75, 3.05) is 24.7 Å². The van der Waals surface area contributed by atoms with Crippen molar-refractivity contribution in [2.45, 2.75) is 24.5 Å². The Morgan fingerprint density at radius 1 is 1.60 bits per heavy atom. The predicted octanol–water partition coefficient (Wildman–Crippen LogP) is 3.44. The molecule has 1 fully saturated rings. The Kier molecular flexibility index (Phi) is 4.37. The lowest BCUT2D eigenvalue weighted by Gasteiger charge is -2.23. The second-order valence-electron chi connectivity index (χ2n) is 5.02. The van der Waals surface area contributed by atoms with Gasteiger partial charge >= 0.3 is 5.69 Å². The molecule has 1 aromatic carbocycles. The smallest absolute Gasteiger partial charge is 0.313 e. The van der Waals surface area contributed by atoms with Gasteiger partial charge in [0, 0.05) is 17.4 Å². The summed E-state index contributed by atoms with van der Waals surface area (Å²) in [5, 5.41) is 13.8. The molecule has 1 aliphatic rings. The summed E-state index contributed by atoms with van der Waals surface area (Å²) in [6.07, 6.45) is 2.24. The first-order valence-electron chi connectivity index (χ1n) is 6.35. The van der Waals surface area contributed by atoms with Gasteiger partial charge in [0.25, 0.3) is 0 Å². The van der Waals surface area contributed by atoms with E-state index >= 15 is 0 Å². The van der Waals surface area contributed by atoms with Crippen LogP contribution >= 0.6 is 11.8 Å². The summed E-state index contributed by atoms with van der Waals surface area (Å²) in [6.45, 7) is 2.76. The summed E-state index contributed by atoms with van der Waals surface area (Å²) in [5.41, 5.74) is -0.127. The van der Waals surface area contributed by atoms with Gasteiger partial charge in [-0.2, -0.15) is 11.8 Å². The van der Waals surface area contributed by atoms with Gasteiger partial charge in [0.15, 0.2) is 11.6 Å². The van der Waals surface area contributed by atoms with Crippen molar-refractivity contribution in [3.05, 3.63) is 28.1 Å². The maximum Gasteiger partial charge on any atom is 0.313 e. The van der Waals surface area contributed by atoms with Crippen LogP contribution in [0.1, 0.15) is 19.8 Å². The molecule has 0 spiro atoms. The molecule has 0 aromatic heterocycles. The largest absolute Gasteiger partial charge is 0.490 e. The van der Waals surface area contributed by atoms with E-state index in [2.05, 4.69) is 12.2 Å². The molecule has 0 bridgehead atoms. The van der Waals surface area contributed by atoms with Crippen molar-refractivity contribution in [2.24, 2.45) is 0 Å². The highest BCUT2D eigenvalue weighted by atomic mass is 32.2. The Labute approximate surface area is 121 Å². The van der Waals surface area contributed by atoms with Gasteiger partial charge in [0.05, 0.1) is 23.8 Å². The molecule has 1 aromatic rings. The third kappa shape index (κ3) is 3.15. The van der Waals surface area contributed by atoms with Crippen molar-refractivity contribution < 1.29 is 14.1 Å². The molecular formula is C13H17FN2O3S. The van der Waals surface area contributed by atoms with E-state index in [1.807, 2.05) is 11.8 Å². The number of rotatable bonds is 5. The molecule has 0 radical (unpaired) electrons. The van der Waals surface area contributed by atoms with Gasteiger partial charge in [0.2, 0.25) is 0 Å². The Bertz CT molecular complexity index is 519. The molecule has 1 saturated heterocycles. The highest BCUT2D eigenvalue weighted by Gasteiger charge is 2.29. The summed E-state index contributed by atoms with van der Waals surface area (Å²) in [6, 6.07) is 2.24. The van der Waals surface area contributed by atoms with E-state index in [1.54, 1.807) is 0 Å². The molecular weight excluding hydrogens is 283 g/mol. The highest BCUT2D eigenvalue weighted by molar-refractivity contribution is 8.00. The van der Waals surface area contributed by atoms with Crippen molar-refractivity contribution in [3.8, 4) is 5.75 Å². The zero-order chi connectivity index (χ0) is 14.8. The second-order valence-corrected chi connectivity index (χ2v) is 6.70. The molecule has 1 atom stereocenters. The quantitative estimate of drug-likeness (QED) is 0.666. The number of nitrogens with one attached hydrogen (secondary N) is 1. The average molecular weight is 300 g/mol. The number of nitrogens with zero attached hydrogens (tertiary/aromatic N) is 1. The predicted molar refractivity (Wildman–Crippen MR) is 78.2 cm³/mol. The first-order valence-corrected chi connectivity index (χ1v) is 7.33. The van der Waals surface area contributed by atoms with Gasteiger partial charge < -0.3 is 10.1 Å². The minimum atomic E-state index is -0.653. The molecule has 0 amide bonds. The number of ether oxygens (including phenoxy) is 1. The fourth-order valence-corrected chi connectivity index (χ4v) is 3.49. The molecule has 20 heavy (non-hydrogen) atoms. The summed E-state index contributed by atoms with van der Waals surface area (Å²) >= 11 is 1.86. The third-order valence-corrected chi connectivity index (χ3v) is 4.96. The van der Waals surface area contributed by atoms with Crippen LogP contribution in [-0.2, 0) is 0 Å². The fourth-order valence-electron chi connectivity index (χ4n) is 2.24. The van der Waals surface area contributed by atoms with Crippen LogP contribution in [0.25, 0.3) is 0 Å². The minimum Gasteiger partial charge on any atom is -0.490 e. The Morgan fingerprint density at radius 3 is 2.90 bits per heavy atom. The van der Waals surface area contributed by atoms with E-state index in [0.29, 0.717) is 6.54 Å². The number of hydrogen-bond acceptors (Lipinski definition) is 5. The lowest BCUT2D eigenvalue weighted by molar-refractivity contribution is -0.385. The Hall–Kier alpha value is -1.50. The number of anilines is 1. The molecule has 7 heteroatoms. The zero-order valence-corrected chi connectivity index (χ0v) is 12.3. The number of thioether (sulfide) groups is 1. The Balaban J connectivity index is 2.17. The first kappa shape index (κ1) is 14.9. The number of nitro groups is 1. The van der Waals surface area contributed by atoms with E-state index in [9.17, 15) is 14.5 Å². The summed E-state index contributed by atoms with van der Waals surface area (Å²) in [7, 11) is 1.33. The fraction of sp³-hybridized carbons (Fsp3) is 0.538. The number of methoxy groups -OCH3 is 1. The highest BCUT2D eigenvalue weighted by Crippen LogP contribution is 2.38. The molecule has 0 saturated carbocycles. The van der Waals surface area contributed by atoms with Crippen molar-refractivity contribution in [1.29, 1.82) is 0 Å². The average Bonchev–Trinajstić information content (AvgIpc) is 2.84. The van der Waals surface area contributed by atoms with Crippen molar-refractivity contribution >= 4 is 23.1 Å². The molecule has 110 valence electrons. The molecule has 1 aliphatic heterocycles. The van der Waals surface area contributed by atoms with Crippen LogP contribution in [0.2, 0.25) is 0 Å². The number of halogens is 1. The standard InChI is InChI=1S/C13H17FN2O3S/c1-13(4-3-5-20-13)8-15-10-7-12(19-2)11(16(17)18)6-9(10)14/h6-7,15H,3-5,8H2,1-2H3. The van der Waals surface area contributed by atoms with Gasteiger partial charge in [-0.05, 0) is 25.5 Å². The van der Waals surface area contributed by atoms with Gasteiger partial charge in [-0.15, -0.1) is 0 Å². The maximum absolute atomic E-state index is 13.9. The van der Waals surface area contributed by atoms with E-state index in [4.69, 9.17) is 4.74 Å². The van der Waals surface area contributed by atoms with E-state index in [0.717, 1.165) is 24.7 Å². The Morgan fingerprint density at radius 2 is 2.35 bits per heavy atom. The van der Waals surface area contributed by atoms with Crippen LogP contribution in [0.5, 0.6) is 5.75 Å². The van der Waals surface area contributed by atoms with Gasteiger partial charge in [-0.25, -0.2) is 4.39 Å². The molecule has 1 heterocycles. The SMILES string of the molecule is COc1cc(NCC2(C)CCCS2)c(F)cc1[N+](=O)[O-]. The topological polar surface area (TPSA) is 64.4 Å². The molecule has 2 rings (SSSR count). The number of benzene rings is 1. The van der Waals surface area contributed by atoms with Gasteiger partial charge in [0.1, 0.15) is 0 Å². The summed E-state index contributed by atoms with van der Waals surface area (Å²) < 4.78 is 18.9. The van der Waals surface area contributed by atoms with Crippen LogP contribution in [0.3, 0.4) is 0 Å². The summed E-state index contributed by atoms with van der Waals surface area (Å²) in [5.74, 6) is 0.539. The van der Waals surface area contributed by atoms with Crippen molar-refractivity contribution in [3.63, 3.8) is 0 Å².